The summed E-state index contributed by atoms with van der Waals surface area (Å²) < 4.78 is 30.0. The third kappa shape index (κ3) is 3.51. The van der Waals surface area contributed by atoms with Crippen molar-refractivity contribution < 1.29 is 23.5 Å². The van der Waals surface area contributed by atoms with Crippen molar-refractivity contribution >= 4 is 5.69 Å². The van der Waals surface area contributed by atoms with Gasteiger partial charge >= 0.3 is 0 Å². The van der Waals surface area contributed by atoms with Gasteiger partial charge < -0.3 is 33.8 Å². The maximum absolute atomic E-state index is 6.18. The van der Waals surface area contributed by atoms with Gasteiger partial charge in [0.1, 0.15) is 5.75 Å². The highest BCUT2D eigenvalue weighted by Gasteiger charge is 2.28. The fourth-order valence-electron chi connectivity index (χ4n) is 4.73. The zero-order valence-electron chi connectivity index (χ0n) is 19.7. The van der Waals surface area contributed by atoms with E-state index in [1.165, 1.54) is 5.56 Å². The zero-order valence-corrected chi connectivity index (χ0v) is 19.7. The Labute approximate surface area is 197 Å². The molecule has 0 saturated heterocycles. The Bertz CT molecular complexity index is 1330. The summed E-state index contributed by atoms with van der Waals surface area (Å²) in [5.74, 6) is 3.24. The third-order valence-corrected chi connectivity index (χ3v) is 6.30. The Balaban J connectivity index is 1.70. The minimum atomic E-state index is 0.557. The lowest BCUT2D eigenvalue weighted by atomic mass is 9.91. The van der Waals surface area contributed by atoms with Gasteiger partial charge in [0.2, 0.25) is 5.75 Å². The van der Waals surface area contributed by atoms with Gasteiger partial charge in [0.15, 0.2) is 17.3 Å². The van der Waals surface area contributed by atoms with Gasteiger partial charge in [0.25, 0.3) is 0 Å². The first-order chi connectivity index (χ1) is 16.6. The van der Waals surface area contributed by atoms with Crippen LogP contribution in [-0.4, -0.2) is 38.2 Å². The molecule has 0 atom stereocenters. The van der Waals surface area contributed by atoms with Crippen LogP contribution in [0.5, 0.6) is 23.0 Å². The summed E-state index contributed by atoms with van der Waals surface area (Å²) in [6, 6.07) is 9.81. The highest BCUT2D eigenvalue weighted by molar-refractivity contribution is 5.80. The summed E-state index contributed by atoms with van der Waals surface area (Å²) in [5, 5.41) is 4.04. The third-order valence-electron chi connectivity index (χ3n) is 6.30. The lowest BCUT2D eigenvalue weighted by molar-refractivity contribution is 0.324. The molecule has 0 bridgehead atoms. The van der Waals surface area contributed by atoms with Crippen molar-refractivity contribution in [2.75, 3.05) is 34.2 Å². The zero-order chi connectivity index (χ0) is 23.8. The second-order valence-corrected chi connectivity index (χ2v) is 8.17. The molecule has 0 radical (unpaired) electrons. The molecule has 0 amide bonds. The van der Waals surface area contributed by atoms with E-state index in [0.29, 0.717) is 35.2 Å². The van der Waals surface area contributed by atoms with Crippen LogP contribution in [0.15, 0.2) is 47.2 Å². The Morgan fingerprint density at radius 3 is 2.32 bits per heavy atom. The van der Waals surface area contributed by atoms with Gasteiger partial charge in [-0.2, -0.15) is 0 Å². The first-order valence-corrected chi connectivity index (χ1v) is 11.0. The normalized spacial score (nSPS) is 12.1. The average Bonchev–Trinajstić information content (AvgIpc) is 3.47. The number of nitrogen functional groups attached to an aromatic ring is 1. The SMILES string of the molecule is COc1ccc(Cn2cc3c(c2-c2cc(OC)c(OC)c(OC)c2)CCc2cnoc2-3)cc1N. The Kier molecular flexibility index (Phi) is 5.57. The molecule has 0 unspecified atom stereocenters. The summed E-state index contributed by atoms with van der Waals surface area (Å²) >= 11 is 0. The lowest BCUT2D eigenvalue weighted by Crippen LogP contribution is -2.05. The van der Waals surface area contributed by atoms with Gasteiger partial charge in [-0.25, -0.2) is 0 Å². The maximum Gasteiger partial charge on any atom is 0.203 e. The van der Waals surface area contributed by atoms with Crippen LogP contribution in [0.4, 0.5) is 5.69 Å². The Morgan fingerprint density at radius 2 is 1.68 bits per heavy atom. The van der Waals surface area contributed by atoms with E-state index in [2.05, 4.69) is 15.9 Å². The molecule has 4 aromatic rings. The number of nitrogens with zero attached hydrogens (tertiary/aromatic N) is 2. The fraction of sp³-hybridized carbons (Fsp3) is 0.269. The monoisotopic (exact) mass is 461 g/mol. The molecular weight excluding hydrogens is 434 g/mol. The van der Waals surface area contributed by atoms with Crippen LogP contribution >= 0.6 is 0 Å². The molecule has 8 nitrogen and oxygen atoms in total. The van der Waals surface area contributed by atoms with E-state index in [1.807, 2.05) is 30.3 Å². The van der Waals surface area contributed by atoms with Crippen LogP contribution in [0.3, 0.4) is 0 Å². The molecule has 0 fully saturated rings. The molecule has 0 saturated carbocycles. The number of aromatic nitrogens is 2. The van der Waals surface area contributed by atoms with Crippen LogP contribution in [0.1, 0.15) is 16.7 Å². The van der Waals surface area contributed by atoms with E-state index in [-0.39, 0.29) is 0 Å². The highest BCUT2D eigenvalue weighted by Crippen LogP contribution is 2.46. The quantitative estimate of drug-likeness (QED) is 0.403. The molecular formula is C26H27N3O5. The molecule has 2 aromatic heterocycles. The van der Waals surface area contributed by atoms with Crippen molar-refractivity contribution in [3.63, 3.8) is 0 Å². The van der Waals surface area contributed by atoms with Crippen LogP contribution in [0.25, 0.3) is 22.6 Å². The fourth-order valence-corrected chi connectivity index (χ4v) is 4.73. The number of hydrogen-bond donors (Lipinski definition) is 1. The molecule has 34 heavy (non-hydrogen) atoms. The van der Waals surface area contributed by atoms with Crippen molar-refractivity contribution in [1.82, 2.24) is 9.72 Å². The molecule has 2 N–H and O–H groups in total. The van der Waals surface area contributed by atoms with Gasteiger partial charge in [0.05, 0.1) is 46.0 Å². The molecule has 1 aliphatic rings. The van der Waals surface area contributed by atoms with Crippen molar-refractivity contribution in [1.29, 1.82) is 0 Å². The van der Waals surface area contributed by atoms with E-state index in [0.717, 1.165) is 46.5 Å². The van der Waals surface area contributed by atoms with Gasteiger partial charge in [-0.15, -0.1) is 0 Å². The summed E-state index contributed by atoms with van der Waals surface area (Å²) in [4.78, 5) is 0. The van der Waals surface area contributed by atoms with E-state index >= 15 is 0 Å². The van der Waals surface area contributed by atoms with Gasteiger partial charge in [-0.3, -0.25) is 0 Å². The van der Waals surface area contributed by atoms with Crippen molar-refractivity contribution in [2.24, 2.45) is 0 Å². The van der Waals surface area contributed by atoms with E-state index < -0.39 is 0 Å². The van der Waals surface area contributed by atoms with Gasteiger partial charge in [0, 0.05) is 29.4 Å². The Morgan fingerprint density at radius 1 is 0.941 bits per heavy atom. The Hall–Kier alpha value is -4.07. The molecule has 176 valence electrons. The highest BCUT2D eigenvalue weighted by atomic mass is 16.5. The summed E-state index contributed by atoms with van der Waals surface area (Å²) in [6.45, 7) is 0.608. The largest absolute Gasteiger partial charge is 0.495 e. The molecule has 2 heterocycles. The predicted octanol–water partition coefficient (Wildman–Crippen LogP) is 4.57. The number of fused-ring (bicyclic) bond motifs is 3. The summed E-state index contributed by atoms with van der Waals surface area (Å²) in [6.07, 6.45) is 5.66. The van der Waals surface area contributed by atoms with Crippen LogP contribution in [0, 0.1) is 0 Å². The number of nitrogens with two attached hydrogens (primary N) is 1. The number of rotatable bonds is 7. The minimum Gasteiger partial charge on any atom is -0.495 e. The van der Waals surface area contributed by atoms with Gasteiger partial charge in [-0.05, 0) is 48.2 Å². The second-order valence-electron chi connectivity index (χ2n) is 8.17. The van der Waals surface area contributed by atoms with E-state index in [9.17, 15) is 0 Å². The predicted molar refractivity (Wildman–Crippen MR) is 129 cm³/mol. The molecule has 5 rings (SSSR count). The topological polar surface area (TPSA) is 93.9 Å². The second kappa shape index (κ2) is 8.70. The lowest BCUT2D eigenvalue weighted by Gasteiger charge is -2.18. The molecule has 2 aromatic carbocycles. The number of hydrogen-bond acceptors (Lipinski definition) is 7. The maximum atomic E-state index is 6.18. The number of benzene rings is 2. The summed E-state index contributed by atoms with van der Waals surface area (Å²) in [5.41, 5.74) is 13.2. The minimum absolute atomic E-state index is 0.557. The van der Waals surface area contributed by atoms with Crippen LogP contribution < -0.4 is 24.7 Å². The first kappa shape index (κ1) is 21.8. The van der Waals surface area contributed by atoms with Crippen molar-refractivity contribution in [3.8, 4) is 45.6 Å². The molecule has 0 spiro atoms. The van der Waals surface area contributed by atoms with Gasteiger partial charge in [-0.1, -0.05) is 11.2 Å². The van der Waals surface area contributed by atoms with Crippen LogP contribution in [0.2, 0.25) is 0 Å². The van der Waals surface area contributed by atoms with Crippen LogP contribution in [-0.2, 0) is 19.4 Å². The standard InChI is InChI=1S/C26H27N3O5/c1-30-21-8-5-15(9-20(21)27)13-29-14-19-18(7-6-16-12-28-34-25(16)19)24(29)17-10-22(31-2)26(33-4)23(11-17)32-3/h5,8-12,14H,6-7,13,27H2,1-4H3. The number of methoxy groups -OCH3 is 4. The van der Waals surface area contributed by atoms with Crippen molar-refractivity contribution in [3.05, 3.63) is 59.4 Å². The number of ether oxygens (including phenoxy) is 4. The number of anilines is 1. The average molecular weight is 462 g/mol. The molecule has 8 heteroatoms. The van der Waals surface area contributed by atoms with E-state index in [1.54, 1.807) is 34.6 Å². The summed E-state index contributed by atoms with van der Waals surface area (Å²) in [7, 11) is 6.46. The van der Waals surface area contributed by atoms with Crippen molar-refractivity contribution in [2.45, 2.75) is 19.4 Å². The number of aryl methyl sites for hydroxylation is 1. The molecule has 1 aliphatic carbocycles. The molecule has 0 aliphatic heterocycles. The smallest absolute Gasteiger partial charge is 0.203 e. The van der Waals surface area contributed by atoms with E-state index in [4.69, 9.17) is 29.2 Å². The first-order valence-electron chi connectivity index (χ1n) is 11.0.